The van der Waals surface area contributed by atoms with E-state index in [0.29, 0.717) is 18.9 Å². The van der Waals surface area contributed by atoms with Crippen LogP contribution in [0.5, 0.6) is 0 Å². The molecule has 1 aliphatic heterocycles. The quantitative estimate of drug-likeness (QED) is 0.720. The van der Waals surface area contributed by atoms with Crippen LogP contribution in [0.2, 0.25) is 0 Å². The van der Waals surface area contributed by atoms with E-state index in [9.17, 15) is 9.59 Å². The molecule has 1 heterocycles. The summed E-state index contributed by atoms with van der Waals surface area (Å²) in [4.78, 5) is 23.6. The summed E-state index contributed by atoms with van der Waals surface area (Å²) in [6.45, 7) is 6.34. The third-order valence-corrected chi connectivity index (χ3v) is 4.12. The second kappa shape index (κ2) is 7.94. The molecule has 3 N–H and O–H groups in total. The first-order valence-electron chi connectivity index (χ1n) is 7.97. The van der Waals surface area contributed by atoms with Crippen LogP contribution in [0.1, 0.15) is 32.3 Å². The first-order chi connectivity index (χ1) is 10.6. The lowest BCUT2D eigenvalue weighted by atomic mass is 9.88. The molecule has 1 atom stereocenters. The molecule has 120 valence electrons. The molecule has 0 saturated carbocycles. The largest absolute Gasteiger partial charge is 0.352 e. The Balaban J connectivity index is 1.78. The van der Waals surface area contributed by atoms with Crippen molar-refractivity contribution in [1.29, 1.82) is 0 Å². The van der Waals surface area contributed by atoms with E-state index in [1.165, 1.54) is 0 Å². The van der Waals surface area contributed by atoms with Crippen molar-refractivity contribution >= 4 is 17.5 Å². The molecule has 2 amide bonds. The van der Waals surface area contributed by atoms with Crippen LogP contribution in [0.4, 0.5) is 5.69 Å². The van der Waals surface area contributed by atoms with Crippen molar-refractivity contribution in [1.82, 2.24) is 10.6 Å². The van der Waals surface area contributed by atoms with Crippen molar-refractivity contribution in [2.24, 2.45) is 11.8 Å². The average Bonchev–Trinajstić information content (AvgIpc) is 2.44. The third-order valence-electron chi connectivity index (χ3n) is 4.12. The predicted molar refractivity (Wildman–Crippen MR) is 87.4 cm³/mol. The minimum atomic E-state index is 0.0338. The highest BCUT2D eigenvalue weighted by Crippen LogP contribution is 2.16. The van der Waals surface area contributed by atoms with Crippen molar-refractivity contribution in [2.75, 3.05) is 18.4 Å². The zero-order chi connectivity index (χ0) is 15.9. The lowest BCUT2D eigenvalue weighted by Gasteiger charge is -2.31. The molecule has 0 radical (unpaired) electrons. The van der Waals surface area contributed by atoms with E-state index in [-0.39, 0.29) is 17.7 Å². The van der Waals surface area contributed by atoms with E-state index in [0.717, 1.165) is 30.8 Å². The molecule has 5 nitrogen and oxygen atoms in total. The molecule has 5 heteroatoms. The number of anilines is 1. The van der Waals surface area contributed by atoms with E-state index in [4.69, 9.17) is 0 Å². The molecule has 1 aliphatic rings. The van der Waals surface area contributed by atoms with Gasteiger partial charge in [-0.15, -0.1) is 0 Å². The summed E-state index contributed by atoms with van der Waals surface area (Å²) >= 11 is 0. The Kier molecular flexibility index (Phi) is 5.95. The lowest BCUT2D eigenvalue weighted by Crippen LogP contribution is -2.49. The zero-order valence-corrected chi connectivity index (χ0v) is 13.3. The number of rotatable bonds is 7. The van der Waals surface area contributed by atoms with E-state index in [2.05, 4.69) is 16.0 Å². The van der Waals surface area contributed by atoms with Crippen LogP contribution < -0.4 is 16.0 Å². The van der Waals surface area contributed by atoms with Gasteiger partial charge in [-0.25, -0.2) is 0 Å². The Morgan fingerprint density at radius 1 is 1.27 bits per heavy atom. The van der Waals surface area contributed by atoms with E-state index in [1.807, 2.05) is 38.1 Å². The number of carbonyl (C=O) groups excluding carboxylic acids is 2. The van der Waals surface area contributed by atoms with Gasteiger partial charge in [0, 0.05) is 24.6 Å². The van der Waals surface area contributed by atoms with Crippen molar-refractivity contribution in [2.45, 2.75) is 33.2 Å². The molecular weight excluding hydrogens is 278 g/mol. The van der Waals surface area contributed by atoms with Gasteiger partial charge in [-0.1, -0.05) is 26.0 Å². The summed E-state index contributed by atoms with van der Waals surface area (Å²) in [5, 5.41) is 9.01. The number of hydrogen-bond donors (Lipinski definition) is 3. The number of benzene rings is 1. The fourth-order valence-corrected chi connectivity index (χ4v) is 2.39. The van der Waals surface area contributed by atoms with Crippen LogP contribution in [-0.2, 0) is 16.1 Å². The number of nitrogens with one attached hydrogen (secondary N) is 3. The summed E-state index contributed by atoms with van der Waals surface area (Å²) < 4.78 is 0. The monoisotopic (exact) mass is 303 g/mol. The van der Waals surface area contributed by atoms with Gasteiger partial charge in [-0.2, -0.15) is 0 Å². The van der Waals surface area contributed by atoms with Gasteiger partial charge in [0.05, 0.1) is 0 Å². The molecule has 1 fully saturated rings. The second-order valence-electron chi connectivity index (χ2n) is 5.92. The van der Waals surface area contributed by atoms with Gasteiger partial charge in [0.1, 0.15) is 0 Å². The fourth-order valence-electron chi connectivity index (χ4n) is 2.39. The summed E-state index contributed by atoms with van der Waals surface area (Å²) in [6, 6.07) is 7.59. The molecule has 0 aromatic heterocycles. The van der Waals surface area contributed by atoms with Crippen molar-refractivity contribution in [3.8, 4) is 0 Å². The highest BCUT2D eigenvalue weighted by atomic mass is 16.2. The Hall–Kier alpha value is -1.88. The molecule has 1 unspecified atom stereocenters. The standard InChI is InChI=1S/C17H25N3O2/c1-3-4-16(21)20-15-7-5-13(6-8-15)9-19-17(22)12(2)14-10-18-11-14/h5-8,12,14,18H,3-4,9-11H2,1-2H3,(H,19,22)(H,20,21). The first-order valence-corrected chi connectivity index (χ1v) is 7.97. The van der Waals surface area contributed by atoms with Crippen LogP contribution in [-0.4, -0.2) is 24.9 Å². The van der Waals surface area contributed by atoms with Crippen molar-refractivity contribution in [3.05, 3.63) is 29.8 Å². The molecular formula is C17H25N3O2. The van der Waals surface area contributed by atoms with E-state index < -0.39 is 0 Å². The SMILES string of the molecule is CCCC(=O)Nc1ccc(CNC(=O)C(C)C2CNC2)cc1. The van der Waals surface area contributed by atoms with Gasteiger partial charge in [-0.05, 0) is 43.1 Å². The second-order valence-corrected chi connectivity index (χ2v) is 5.92. The van der Waals surface area contributed by atoms with Gasteiger partial charge >= 0.3 is 0 Å². The zero-order valence-electron chi connectivity index (χ0n) is 13.3. The van der Waals surface area contributed by atoms with Gasteiger partial charge in [0.25, 0.3) is 0 Å². The maximum atomic E-state index is 12.0. The normalized spacial score (nSPS) is 15.7. The van der Waals surface area contributed by atoms with Gasteiger partial charge in [0.2, 0.25) is 11.8 Å². The Morgan fingerprint density at radius 2 is 1.95 bits per heavy atom. The van der Waals surface area contributed by atoms with Crippen molar-refractivity contribution < 1.29 is 9.59 Å². The molecule has 1 saturated heterocycles. The first kappa shape index (κ1) is 16.5. The van der Waals surface area contributed by atoms with Gasteiger partial charge in [-0.3, -0.25) is 9.59 Å². The molecule has 0 bridgehead atoms. The van der Waals surface area contributed by atoms with Crippen LogP contribution in [0, 0.1) is 11.8 Å². The smallest absolute Gasteiger partial charge is 0.224 e. The van der Waals surface area contributed by atoms with E-state index in [1.54, 1.807) is 0 Å². The van der Waals surface area contributed by atoms with Gasteiger partial charge < -0.3 is 16.0 Å². The third kappa shape index (κ3) is 4.56. The van der Waals surface area contributed by atoms with Crippen LogP contribution >= 0.6 is 0 Å². The average molecular weight is 303 g/mol. The lowest BCUT2D eigenvalue weighted by molar-refractivity contribution is -0.126. The maximum absolute atomic E-state index is 12.0. The Morgan fingerprint density at radius 3 is 2.50 bits per heavy atom. The Bertz CT molecular complexity index is 509. The molecule has 1 aromatic rings. The Labute approximate surface area is 131 Å². The summed E-state index contributed by atoms with van der Waals surface area (Å²) in [6.07, 6.45) is 1.37. The van der Waals surface area contributed by atoms with Crippen LogP contribution in [0.15, 0.2) is 24.3 Å². The maximum Gasteiger partial charge on any atom is 0.224 e. The molecule has 0 aliphatic carbocycles. The summed E-state index contributed by atoms with van der Waals surface area (Å²) in [5.74, 6) is 0.642. The molecule has 0 spiro atoms. The van der Waals surface area contributed by atoms with E-state index >= 15 is 0 Å². The fraction of sp³-hybridized carbons (Fsp3) is 0.529. The molecule has 2 rings (SSSR count). The van der Waals surface area contributed by atoms with Crippen LogP contribution in [0.25, 0.3) is 0 Å². The van der Waals surface area contributed by atoms with Crippen molar-refractivity contribution in [3.63, 3.8) is 0 Å². The summed E-state index contributed by atoms with van der Waals surface area (Å²) in [5.41, 5.74) is 1.82. The topological polar surface area (TPSA) is 70.2 Å². The number of carbonyl (C=O) groups is 2. The minimum Gasteiger partial charge on any atom is -0.352 e. The number of hydrogen-bond acceptors (Lipinski definition) is 3. The van der Waals surface area contributed by atoms with Gasteiger partial charge in [0.15, 0.2) is 0 Å². The minimum absolute atomic E-state index is 0.0338. The predicted octanol–water partition coefficient (Wildman–Crippen LogP) is 1.90. The molecule has 1 aromatic carbocycles. The van der Waals surface area contributed by atoms with Crippen LogP contribution in [0.3, 0.4) is 0 Å². The highest BCUT2D eigenvalue weighted by Gasteiger charge is 2.28. The molecule has 22 heavy (non-hydrogen) atoms. The summed E-state index contributed by atoms with van der Waals surface area (Å²) in [7, 11) is 0. The number of amides is 2. The highest BCUT2D eigenvalue weighted by molar-refractivity contribution is 5.90.